The molecule has 1 aliphatic rings. The van der Waals surface area contributed by atoms with Crippen LogP contribution in [0, 0.1) is 0 Å². The van der Waals surface area contributed by atoms with E-state index in [9.17, 15) is 0 Å². The van der Waals surface area contributed by atoms with Gasteiger partial charge >= 0.3 is 0 Å². The van der Waals surface area contributed by atoms with E-state index in [4.69, 9.17) is 14.2 Å². The number of hydrogen-bond acceptors (Lipinski definition) is 5. The van der Waals surface area contributed by atoms with Crippen LogP contribution in [0.1, 0.15) is 25.1 Å². The number of pyridine rings is 1. The Morgan fingerprint density at radius 1 is 1.19 bits per heavy atom. The van der Waals surface area contributed by atoms with Gasteiger partial charge in [0.2, 0.25) is 6.79 Å². The third-order valence-corrected chi connectivity index (χ3v) is 3.45. The average Bonchev–Trinajstić information content (AvgIpc) is 2.98. The molecule has 0 amide bonds. The summed E-state index contributed by atoms with van der Waals surface area (Å²) in [6.45, 7) is 2.39. The van der Waals surface area contributed by atoms with Gasteiger partial charge < -0.3 is 19.5 Å². The molecule has 0 radical (unpaired) electrons. The monoisotopic (exact) mass is 286 g/mol. The lowest BCUT2D eigenvalue weighted by Crippen LogP contribution is -2.16. The zero-order valence-corrected chi connectivity index (χ0v) is 12.1. The Bertz CT molecular complexity index is 609. The average molecular weight is 286 g/mol. The van der Waals surface area contributed by atoms with Crippen LogP contribution in [-0.2, 0) is 0 Å². The Morgan fingerprint density at radius 3 is 2.71 bits per heavy atom. The minimum atomic E-state index is 0.261. The first-order chi connectivity index (χ1) is 10.3. The molecule has 1 aliphatic heterocycles. The van der Waals surface area contributed by atoms with Crippen molar-refractivity contribution in [1.29, 1.82) is 0 Å². The van der Waals surface area contributed by atoms with Crippen LogP contribution in [-0.4, -0.2) is 18.8 Å². The van der Waals surface area contributed by atoms with Gasteiger partial charge in [0.25, 0.3) is 0 Å². The Hall–Kier alpha value is -2.27. The molecule has 0 saturated carbocycles. The number of aromatic nitrogens is 1. The van der Waals surface area contributed by atoms with Gasteiger partial charge in [0.15, 0.2) is 11.5 Å². The molecule has 1 unspecified atom stereocenters. The molecule has 5 nitrogen and oxygen atoms in total. The Morgan fingerprint density at radius 2 is 2.00 bits per heavy atom. The standard InChI is InChI=1S/C16H18N2O3/c1-3-13(17-2)14-6-4-12(9-18-14)21-11-5-7-15-16(8-11)20-10-19-15/h4-9,13,17H,3,10H2,1-2H3. The summed E-state index contributed by atoms with van der Waals surface area (Å²) in [6.07, 6.45) is 2.73. The van der Waals surface area contributed by atoms with Crippen molar-refractivity contribution in [1.82, 2.24) is 10.3 Å². The highest BCUT2D eigenvalue weighted by Crippen LogP contribution is 2.36. The Kier molecular flexibility index (Phi) is 3.92. The highest BCUT2D eigenvalue weighted by molar-refractivity contribution is 5.47. The molecule has 0 bridgehead atoms. The van der Waals surface area contributed by atoms with Crippen molar-refractivity contribution < 1.29 is 14.2 Å². The molecular weight excluding hydrogens is 268 g/mol. The molecule has 1 aromatic heterocycles. The van der Waals surface area contributed by atoms with E-state index >= 15 is 0 Å². The fourth-order valence-corrected chi connectivity index (χ4v) is 2.30. The van der Waals surface area contributed by atoms with Gasteiger partial charge in [0, 0.05) is 12.1 Å². The zero-order chi connectivity index (χ0) is 14.7. The number of nitrogens with zero attached hydrogens (tertiary/aromatic N) is 1. The molecule has 0 spiro atoms. The fourth-order valence-electron chi connectivity index (χ4n) is 2.30. The van der Waals surface area contributed by atoms with Gasteiger partial charge in [0.1, 0.15) is 11.5 Å². The maximum atomic E-state index is 5.79. The maximum absolute atomic E-state index is 5.79. The second-order valence-corrected chi connectivity index (χ2v) is 4.79. The van der Waals surface area contributed by atoms with Crippen molar-refractivity contribution in [2.75, 3.05) is 13.8 Å². The third kappa shape index (κ3) is 2.92. The Labute approximate surface area is 123 Å². The van der Waals surface area contributed by atoms with E-state index < -0.39 is 0 Å². The topological polar surface area (TPSA) is 52.6 Å². The predicted octanol–water partition coefficient (Wildman–Crippen LogP) is 3.27. The van der Waals surface area contributed by atoms with Crippen molar-refractivity contribution in [3.05, 3.63) is 42.2 Å². The molecule has 0 aliphatic carbocycles. The molecule has 1 aromatic carbocycles. The van der Waals surface area contributed by atoms with Crippen LogP contribution in [0.25, 0.3) is 0 Å². The van der Waals surface area contributed by atoms with Crippen molar-refractivity contribution in [3.8, 4) is 23.0 Å². The molecule has 2 heterocycles. The highest BCUT2D eigenvalue weighted by atomic mass is 16.7. The molecule has 1 N–H and O–H groups in total. The molecule has 110 valence electrons. The molecule has 1 atom stereocenters. The summed E-state index contributed by atoms with van der Waals surface area (Å²) >= 11 is 0. The van der Waals surface area contributed by atoms with Crippen LogP contribution in [0.4, 0.5) is 0 Å². The number of benzene rings is 1. The normalized spacial score (nSPS) is 14.0. The van der Waals surface area contributed by atoms with Crippen LogP contribution in [0.3, 0.4) is 0 Å². The summed E-state index contributed by atoms with van der Waals surface area (Å²) in [4.78, 5) is 4.45. The minimum Gasteiger partial charge on any atom is -0.456 e. The van der Waals surface area contributed by atoms with Crippen LogP contribution >= 0.6 is 0 Å². The van der Waals surface area contributed by atoms with Gasteiger partial charge in [-0.2, -0.15) is 0 Å². The van der Waals surface area contributed by atoms with Crippen LogP contribution in [0.5, 0.6) is 23.0 Å². The molecule has 21 heavy (non-hydrogen) atoms. The van der Waals surface area contributed by atoms with Gasteiger partial charge in [0.05, 0.1) is 11.9 Å². The molecule has 0 fully saturated rings. The van der Waals surface area contributed by atoms with E-state index in [0.717, 1.165) is 17.9 Å². The lowest BCUT2D eigenvalue weighted by Gasteiger charge is -2.13. The van der Waals surface area contributed by atoms with Crippen LogP contribution in [0.15, 0.2) is 36.5 Å². The van der Waals surface area contributed by atoms with Crippen molar-refractivity contribution in [2.24, 2.45) is 0 Å². The molecule has 5 heteroatoms. The van der Waals surface area contributed by atoms with E-state index in [1.165, 1.54) is 0 Å². The highest BCUT2D eigenvalue weighted by Gasteiger charge is 2.14. The van der Waals surface area contributed by atoms with E-state index in [2.05, 4.69) is 17.2 Å². The van der Waals surface area contributed by atoms with Crippen LogP contribution in [0.2, 0.25) is 0 Å². The van der Waals surface area contributed by atoms with E-state index in [1.54, 1.807) is 6.20 Å². The summed E-state index contributed by atoms with van der Waals surface area (Å²) in [5.41, 5.74) is 1.01. The number of rotatable bonds is 5. The summed E-state index contributed by atoms with van der Waals surface area (Å²) in [7, 11) is 1.94. The summed E-state index contributed by atoms with van der Waals surface area (Å²) < 4.78 is 16.4. The number of nitrogens with one attached hydrogen (secondary N) is 1. The first kappa shape index (κ1) is 13.7. The van der Waals surface area contributed by atoms with E-state index in [0.29, 0.717) is 17.2 Å². The molecule has 0 saturated heterocycles. The number of ether oxygens (including phenoxy) is 3. The second-order valence-electron chi connectivity index (χ2n) is 4.79. The van der Waals surface area contributed by atoms with Crippen LogP contribution < -0.4 is 19.5 Å². The first-order valence-corrected chi connectivity index (χ1v) is 7.01. The first-order valence-electron chi connectivity index (χ1n) is 7.01. The van der Waals surface area contributed by atoms with E-state index in [-0.39, 0.29) is 12.8 Å². The third-order valence-electron chi connectivity index (χ3n) is 3.45. The molecule has 3 rings (SSSR count). The van der Waals surface area contributed by atoms with Crippen molar-refractivity contribution in [2.45, 2.75) is 19.4 Å². The van der Waals surface area contributed by atoms with Gasteiger partial charge in [-0.05, 0) is 37.7 Å². The van der Waals surface area contributed by atoms with E-state index in [1.807, 2.05) is 37.4 Å². The Balaban J connectivity index is 1.73. The van der Waals surface area contributed by atoms with Gasteiger partial charge in [-0.3, -0.25) is 4.98 Å². The maximum Gasteiger partial charge on any atom is 0.231 e. The fraction of sp³-hybridized carbons (Fsp3) is 0.312. The summed E-state index contributed by atoms with van der Waals surface area (Å²) in [5.74, 6) is 2.85. The lowest BCUT2D eigenvalue weighted by molar-refractivity contribution is 0.174. The van der Waals surface area contributed by atoms with Gasteiger partial charge in [-0.25, -0.2) is 0 Å². The number of hydrogen-bond donors (Lipinski definition) is 1. The zero-order valence-electron chi connectivity index (χ0n) is 12.1. The van der Waals surface area contributed by atoms with Crippen molar-refractivity contribution in [3.63, 3.8) is 0 Å². The minimum absolute atomic E-state index is 0.261. The largest absolute Gasteiger partial charge is 0.456 e. The second kappa shape index (κ2) is 6.01. The SMILES string of the molecule is CCC(NC)c1ccc(Oc2ccc3c(c2)OCO3)cn1. The quantitative estimate of drug-likeness (QED) is 0.914. The van der Waals surface area contributed by atoms with Gasteiger partial charge in [-0.15, -0.1) is 0 Å². The lowest BCUT2D eigenvalue weighted by atomic mass is 10.1. The number of fused-ring (bicyclic) bond motifs is 1. The van der Waals surface area contributed by atoms with Gasteiger partial charge in [-0.1, -0.05) is 6.92 Å². The van der Waals surface area contributed by atoms with Crippen molar-refractivity contribution >= 4 is 0 Å². The predicted molar refractivity (Wildman–Crippen MR) is 79.0 cm³/mol. The summed E-state index contributed by atoms with van der Waals surface area (Å²) in [6, 6.07) is 9.68. The molecular formula is C16H18N2O3. The molecule has 2 aromatic rings. The smallest absolute Gasteiger partial charge is 0.231 e. The summed E-state index contributed by atoms with van der Waals surface area (Å²) in [5, 5.41) is 3.23.